The van der Waals surface area contributed by atoms with Crippen LogP contribution in [0.5, 0.6) is 0 Å². The lowest BCUT2D eigenvalue weighted by molar-refractivity contribution is -0.124. The van der Waals surface area contributed by atoms with Gasteiger partial charge in [0.2, 0.25) is 5.91 Å². The van der Waals surface area contributed by atoms with E-state index >= 15 is 0 Å². The zero-order chi connectivity index (χ0) is 15.4. The molecule has 2 aliphatic carbocycles. The molecule has 1 atom stereocenters. The van der Waals surface area contributed by atoms with E-state index in [4.69, 9.17) is 0 Å². The first kappa shape index (κ1) is 13.7. The Bertz CT molecular complexity index is 782. The van der Waals surface area contributed by atoms with Crippen molar-refractivity contribution in [2.75, 3.05) is 18.0 Å². The Balaban J connectivity index is 1.43. The molecule has 1 amide bonds. The molecule has 0 spiro atoms. The Morgan fingerprint density at radius 2 is 2.17 bits per heavy atom. The molecule has 3 aliphatic rings. The molecule has 6 heteroatoms. The van der Waals surface area contributed by atoms with Gasteiger partial charge in [-0.1, -0.05) is 0 Å². The molecule has 2 aromatic rings. The van der Waals surface area contributed by atoms with Crippen molar-refractivity contribution in [2.45, 2.75) is 44.6 Å². The molecule has 1 aliphatic heterocycles. The fourth-order valence-electron chi connectivity index (χ4n) is 3.87. The van der Waals surface area contributed by atoms with Crippen molar-refractivity contribution in [3.8, 4) is 0 Å². The maximum absolute atomic E-state index is 12.3. The summed E-state index contributed by atoms with van der Waals surface area (Å²) in [7, 11) is 0. The number of amides is 1. The summed E-state index contributed by atoms with van der Waals surface area (Å²) in [4.78, 5) is 26.3. The third kappa shape index (κ3) is 2.31. The van der Waals surface area contributed by atoms with Crippen molar-refractivity contribution in [1.29, 1.82) is 0 Å². The van der Waals surface area contributed by atoms with Gasteiger partial charge in [-0.15, -0.1) is 11.3 Å². The molecule has 5 nitrogen and oxygen atoms in total. The largest absolute Gasteiger partial charge is 0.355 e. The van der Waals surface area contributed by atoms with Crippen molar-refractivity contribution in [3.63, 3.8) is 0 Å². The number of nitrogens with one attached hydrogen (secondary N) is 1. The molecule has 1 unspecified atom stereocenters. The van der Waals surface area contributed by atoms with Crippen molar-refractivity contribution in [2.24, 2.45) is 5.92 Å². The van der Waals surface area contributed by atoms with Crippen molar-refractivity contribution in [1.82, 2.24) is 15.3 Å². The summed E-state index contributed by atoms with van der Waals surface area (Å²) in [5, 5.41) is 4.40. The molecule has 120 valence electrons. The van der Waals surface area contributed by atoms with E-state index in [0.29, 0.717) is 6.04 Å². The molecule has 0 radical (unpaired) electrons. The van der Waals surface area contributed by atoms with Crippen molar-refractivity contribution >= 4 is 33.3 Å². The maximum atomic E-state index is 12.3. The predicted molar refractivity (Wildman–Crippen MR) is 90.9 cm³/mol. The van der Waals surface area contributed by atoms with Gasteiger partial charge in [-0.3, -0.25) is 4.79 Å². The Labute approximate surface area is 139 Å². The molecule has 0 bridgehead atoms. The summed E-state index contributed by atoms with van der Waals surface area (Å²) < 4.78 is 0. The Morgan fingerprint density at radius 3 is 3.04 bits per heavy atom. The normalized spacial score (nSPS) is 23.5. The first-order valence-electron chi connectivity index (χ1n) is 8.60. The number of fused-ring (bicyclic) bond motifs is 3. The topological polar surface area (TPSA) is 58.1 Å². The van der Waals surface area contributed by atoms with E-state index in [9.17, 15) is 4.79 Å². The van der Waals surface area contributed by atoms with Gasteiger partial charge in [0.05, 0.1) is 11.3 Å². The third-order valence-electron chi connectivity index (χ3n) is 5.26. The summed E-state index contributed by atoms with van der Waals surface area (Å²) in [6.07, 6.45) is 8.48. The Hall–Kier alpha value is -1.69. The van der Waals surface area contributed by atoms with E-state index in [1.165, 1.54) is 28.7 Å². The standard InChI is InChI=1S/C17H20N4OS/c22-16(20-11-4-5-11)10-6-7-21(8-10)15-14-12-2-1-3-13(12)23-17(14)19-9-18-15/h9-11H,1-8H2,(H,20,22). The SMILES string of the molecule is O=C(NC1CC1)C1CCN(c2ncnc3sc4c(c23)CCC4)C1. The fraction of sp³-hybridized carbons (Fsp3) is 0.588. The number of aryl methyl sites for hydroxylation is 2. The summed E-state index contributed by atoms with van der Waals surface area (Å²) >= 11 is 1.83. The van der Waals surface area contributed by atoms with Crippen LogP contribution in [0.25, 0.3) is 10.2 Å². The molecule has 5 rings (SSSR count). The highest BCUT2D eigenvalue weighted by atomic mass is 32.1. The van der Waals surface area contributed by atoms with Crippen LogP contribution < -0.4 is 10.2 Å². The van der Waals surface area contributed by atoms with Gasteiger partial charge >= 0.3 is 0 Å². The summed E-state index contributed by atoms with van der Waals surface area (Å²) in [6, 6.07) is 0.447. The molecule has 1 saturated heterocycles. The van der Waals surface area contributed by atoms with E-state index in [2.05, 4.69) is 20.2 Å². The molecule has 0 aromatic carbocycles. The third-order valence-corrected chi connectivity index (χ3v) is 6.46. The quantitative estimate of drug-likeness (QED) is 0.939. The van der Waals surface area contributed by atoms with Gasteiger partial charge in [0.25, 0.3) is 0 Å². The number of rotatable bonds is 3. The van der Waals surface area contributed by atoms with Crippen molar-refractivity contribution in [3.05, 3.63) is 16.8 Å². The number of aromatic nitrogens is 2. The Kier molecular flexibility index (Phi) is 3.08. The predicted octanol–water partition coefficient (Wildman–Crippen LogP) is 2.28. The van der Waals surface area contributed by atoms with Gasteiger partial charge in [0.1, 0.15) is 17.0 Å². The van der Waals surface area contributed by atoms with Crippen LogP contribution in [0.2, 0.25) is 0 Å². The zero-order valence-corrected chi connectivity index (χ0v) is 13.9. The van der Waals surface area contributed by atoms with Gasteiger partial charge in [-0.2, -0.15) is 0 Å². The molecule has 3 heterocycles. The minimum atomic E-state index is 0.104. The average molecular weight is 328 g/mol. The minimum Gasteiger partial charge on any atom is -0.355 e. The average Bonchev–Trinajstić information content (AvgIpc) is 2.99. The van der Waals surface area contributed by atoms with Crippen LogP contribution in [0.15, 0.2) is 6.33 Å². The molecule has 1 saturated carbocycles. The summed E-state index contributed by atoms with van der Waals surface area (Å²) in [5.41, 5.74) is 1.46. The lowest BCUT2D eigenvalue weighted by atomic mass is 10.1. The van der Waals surface area contributed by atoms with Crippen LogP contribution >= 0.6 is 11.3 Å². The number of nitrogens with zero attached hydrogens (tertiary/aromatic N) is 3. The number of hydrogen-bond donors (Lipinski definition) is 1. The number of carbonyl (C=O) groups is 1. The number of anilines is 1. The smallest absolute Gasteiger partial charge is 0.225 e. The molecule has 2 aromatic heterocycles. The lowest BCUT2D eigenvalue weighted by Crippen LogP contribution is -2.34. The summed E-state index contributed by atoms with van der Waals surface area (Å²) in [6.45, 7) is 1.70. The first-order chi connectivity index (χ1) is 11.3. The highest BCUT2D eigenvalue weighted by Gasteiger charge is 2.34. The van der Waals surface area contributed by atoms with Crippen LogP contribution in [0.4, 0.5) is 5.82 Å². The number of hydrogen-bond acceptors (Lipinski definition) is 5. The minimum absolute atomic E-state index is 0.104. The van der Waals surface area contributed by atoms with Crippen LogP contribution in [0.1, 0.15) is 36.1 Å². The molecule has 23 heavy (non-hydrogen) atoms. The number of carbonyl (C=O) groups excluding carboxylic acids is 1. The van der Waals surface area contributed by atoms with Crippen LogP contribution in [0.3, 0.4) is 0 Å². The highest BCUT2D eigenvalue weighted by Crippen LogP contribution is 2.41. The number of thiophene rings is 1. The lowest BCUT2D eigenvalue weighted by Gasteiger charge is -2.18. The zero-order valence-electron chi connectivity index (χ0n) is 13.0. The molecule has 2 fully saturated rings. The van der Waals surface area contributed by atoms with Crippen LogP contribution in [-0.2, 0) is 17.6 Å². The molecule has 1 N–H and O–H groups in total. The second kappa shape index (κ2) is 5.16. The molecular formula is C17H20N4OS. The van der Waals surface area contributed by atoms with Gasteiger partial charge in [0, 0.05) is 24.0 Å². The second-order valence-corrected chi connectivity index (χ2v) is 8.03. The first-order valence-corrected chi connectivity index (χ1v) is 9.42. The summed E-state index contributed by atoms with van der Waals surface area (Å²) in [5.74, 6) is 1.39. The van der Waals surface area contributed by atoms with E-state index < -0.39 is 0 Å². The van der Waals surface area contributed by atoms with Gasteiger partial charge in [-0.25, -0.2) is 9.97 Å². The van der Waals surface area contributed by atoms with Crippen LogP contribution in [0, 0.1) is 5.92 Å². The van der Waals surface area contributed by atoms with E-state index in [1.807, 2.05) is 11.3 Å². The van der Waals surface area contributed by atoms with E-state index in [1.54, 1.807) is 6.33 Å². The van der Waals surface area contributed by atoms with Crippen LogP contribution in [-0.4, -0.2) is 35.0 Å². The maximum Gasteiger partial charge on any atom is 0.225 e. The van der Waals surface area contributed by atoms with Gasteiger partial charge in [0.15, 0.2) is 0 Å². The monoisotopic (exact) mass is 328 g/mol. The van der Waals surface area contributed by atoms with E-state index in [-0.39, 0.29) is 11.8 Å². The Morgan fingerprint density at radius 1 is 1.26 bits per heavy atom. The van der Waals surface area contributed by atoms with E-state index in [0.717, 1.165) is 49.4 Å². The van der Waals surface area contributed by atoms with Gasteiger partial charge in [-0.05, 0) is 44.1 Å². The fourth-order valence-corrected chi connectivity index (χ4v) is 5.09. The second-order valence-electron chi connectivity index (χ2n) is 6.95. The van der Waals surface area contributed by atoms with Gasteiger partial charge < -0.3 is 10.2 Å². The van der Waals surface area contributed by atoms with Crippen molar-refractivity contribution < 1.29 is 4.79 Å². The highest BCUT2D eigenvalue weighted by molar-refractivity contribution is 7.19. The molecular weight excluding hydrogens is 308 g/mol.